The van der Waals surface area contributed by atoms with E-state index in [4.69, 9.17) is 4.74 Å². The molecule has 2 unspecified atom stereocenters. The summed E-state index contributed by atoms with van der Waals surface area (Å²) in [5, 5.41) is 13.3. The molecule has 3 heteroatoms. The SMILES string of the molecule is COc1ccc(O)c(CNCCC2CCCC(C)C2)c1. The average molecular weight is 277 g/mol. The van der Waals surface area contributed by atoms with E-state index in [1.807, 2.05) is 6.07 Å². The maximum Gasteiger partial charge on any atom is 0.120 e. The summed E-state index contributed by atoms with van der Waals surface area (Å²) in [5.41, 5.74) is 0.904. The predicted molar refractivity (Wildman–Crippen MR) is 82.1 cm³/mol. The van der Waals surface area contributed by atoms with Crippen LogP contribution in [-0.2, 0) is 6.54 Å². The van der Waals surface area contributed by atoms with Gasteiger partial charge in [-0.15, -0.1) is 0 Å². The van der Waals surface area contributed by atoms with Gasteiger partial charge in [0.25, 0.3) is 0 Å². The molecule has 0 aromatic heterocycles. The van der Waals surface area contributed by atoms with Crippen molar-refractivity contribution in [1.29, 1.82) is 0 Å². The molecule has 1 fully saturated rings. The highest BCUT2D eigenvalue weighted by Crippen LogP contribution is 2.30. The second-order valence-electron chi connectivity index (χ2n) is 6.10. The van der Waals surface area contributed by atoms with Crippen molar-refractivity contribution >= 4 is 0 Å². The quantitative estimate of drug-likeness (QED) is 0.779. The zero-order valence-corrected chi connectivity index (χ0v) is 12.7. The average Bonchev–Trinajstić information content (AvgIpc) is 2.45. The minimum atomic E-state index is 0.338. The van der Waals surface area contributed by atoms with E-state index in [0.717, 1.165) is 29.7 Å². The molecule has 112 valence electrons. The molecule has 3 nitrogen and oxygen atoms in total. The number of benzene rings is 1. The number of phenolic OH excluding ortho intramolecular Hbond substituents is 1. The van der Waals surface area contributed by atoms with Crippen LogP contribution in [0.25, 0.3) is 0 Å². The predicted octanol–water partition coefficient (Wildman–Crippen LogP) is 3.71. The zero-order chi connectivity index (χ0) is 14.4. The van der Waals surface area contributed by atoms with Crippen molar-refractivity contribution < 1.29 is 9.84 Å². The first kappa shape index (κ1) is 15.2. The second kappa shape index (κ2) is 7.53. The Hall–Kier alpha value is -1.22. The zero-order valence-electron chi connectivity index (χ0n) is 12.7. The van der Waals surface area contributed by atoms with Crippen LogP contribution >= 0.6 is 0 Å². The second-order valence-corrected chi connectivity index (χ2v) is 6.10. The van der Waals surface area contributed by atoms with Gasteiger partial charge in [0.15, 0.2) is 0 Å². The van der Waals surface area contributed by atoms with Gasteiger partial charge in [0.2, 0.25) is 0 Å². The lowest BCUT2D eigenvalue weighted by Gasteiger charge is -2.26. The first-order chi connectivity index (χ1) is 9.69. The molecule has 20 heavy (non-hydrogen) atoms. The summed E-state index contributed by atoms with van der Waals surface area (Å²) < 4.78 is 5.18. The van der Waals surface area contributed by atoms with E-state index in [0.29, 0.717) is 12.3 Å². The maximum absolute atomic E-state index is 9.82. The molecule has 1 aromatic carbocycles. The third-order valence-electron chi connectivity index (χ3n) is 4.38. The van der Waals surface area contributed by atoms with Gasteiger partial charge in [-0.2, -0.15) is 0 Å². The Kier molecular flexibility index (Phi) is 5.72. The molecule has 2 rings (SSSR count). The number of nitrogens with one attached hydrogen (secondary N) is 1. The van der Waals surface area contributed by atoms with Crippen molar-refractivity contribution in [2.75, 3.05) is 13.7 Å². The number of rotatable bonds is 6. The van der Waals surface area contributed by atoms with E-state index in [1.165, 1.54) is 32.1 Å². The molecule has 0 radical (unpaired) electrons. The highest BCUT2D eigenvalue weighted by molar-refractivity contribution is 5.39. The monoisotopic (exact) mass is 277 g/mol. The largest absolute Gasteiger partial charge is 0.508 e. The molecule has 0 bridgehead atoms. The highest BCUT2D eigenvalue weighted by Gasteiger charge is 2.18. The molecule has 1 saturated carbocycles. The summed E-state index contributed by atoms with van der Waals surface area (Å²) in [7, 11) is 1.65. The standard InChI is InChI=1S/C17H27NO2/c1-13-4-3-5-14(10-13)8-9-18-12-15-11-16(20-2)6-7-17(15)19/h6-7,11,13-14,18-19H,3-5,8-10,12H2,1-2H3. The minimum absolute atomic E-state index is 0.338. The van der Waals surface area contributed by atoms with Crippen molar-refractivity contribution in [2.24, 2.45) is 11.8 Å². The van der Waals surface area contributed by atoms with Crippen molar-refractivity contribution in [3.05, 3.63) is 23.8 Å². The summed E-state index contributed by atoms with van der Waals surface area (Å²) >= 11 is 0. The fourth-order valence-corrected chi connectivity index (χ4v) is 3.18. The Morgan fingerprint density at radius 1 is 1.35 bits per heavy atom. The Labute approximate surface area is 122 Å². The lowest BCUT2D eigenvalue weighted by atomic mass is 9.81. The van der Waals surface area contributed by atoms with Gasteiger partial charge in [-0.3, -0.25) is 0 Å². The first-order valence-corrected chi connectivity index (χ1v) is 7.75. The lowest BCUT2D eigenvalue weighted by Crippen LogP contribution is -2.21. The van der Waals surface area contributed by atoms with E-state index < -0.39 is 0 Å². The summed E-state index contributed by atoms with van der Waals surface area (Å²) in [5.74, 6) is 2.91. The van der Waals surface area contributed by atoms with Gasteiger partial charge in [0.05, 0.1) is 7.11 Å². The van der Waals surface area contributed by atoms with Crippen LogP contribution in [0.5, 0.6) is 11.5 Å². The molecule has 0 heterocycles. The normalized spacial score (nSPS) is 22.7. The molecule has 0 spiro atoms. The third-order valence-corrected chi connectivity index (χ3v) is 4.38. The van der Waals surface area contributed by atoms with E-state index in [-0.39, 0.29) is 0 Å². The Bertz CT molecular complexity index is 419. The summed E-state index contributed by atoms with van der Waals surface area (Å²) in [6, 6.07) is 5.37. The van der Waals surface area contributed by atoms with Crippen LogP contribution in [-0.4, -0.2) is 18.8 Å². The molecule has 0 aliphatic heterocycles. The summed E-state index contributed by atoms with van der Waals surface area (Å²) in [6.07, 6.45) is 6.81. The maximum atomic E-state index is 9.82. The topological polar surface area (TPSA) is 41.5 Å². The number of hydrogen-bond acceptors (Lipinski definition) is 3. The van der Waals surface area contributed by atoms with Gasteiger partial charge in [0.1, 0.15) is 11.5 Å². The van der Waals surface area contributed by atoms with Crippen LogP contribution in [0.2, 0.25) is 0 Å². The number of ether oxygens (including phenoxy) is 1. The molecular formula is C17H27NO2. The van der Waals surface area contributed by atoms with E-state index in [2.05, 4.69) is 12.2 Å². The number of methoxy groups -OCH3 is 1. The van der Waals surface area contributed by atoms with E-state index >= 15 is 0 Å². The smallest absolute Gasteiger partial charge is 0.120 e. The van der Waals surface area contributed by atoms with Gasteiger partial charge in [-0.05, 0) is 49.4 Å². The van der Waals surface area contributed by atoms with Crippen molar-refractivity contribution in [2.45, 2.75) is 45.6 Å². The molecule has 2 atom stereocenters. The van der Waals surface area contributed by atoms with Crippen LogP contribution in [0.1, 0.15) is 44.6 Å². The van der Waals surface area contributed by atoms with Crippen LogP contribution in [0.15, 0.2) is 18.2 Å². The first-order valence-electron chi connectivity index (χ1n) is 7.75. The van der Waals surface area contributed by atoms with Crippen LogP contribution in [0.3, 0.4) is 0 Å². The van der Waals surface area contributed by atoms with E-state index in [9.17, 15) is 5.11 Å². The number of hydrogen-bond donors (Lipinski definition) is 2. The Morgan fingerprint density at radius 2 is 2.20 bits per heavy atom. The molecule has 0 saturated heterocycles. The molecule has 2 N–H and O–H groups in total. The third kappa shape index (κ3) is 4.41. The summed E-state index contributed by atoms with van der Waals surface area (Å²) in [4.78, 5) is 0. The number of aromatic hydroxyl groups is 1. The van der Waals surface area contributed by atoms with Gasteiger partial charge in [-0.25, -0.2) is 0 Å². The van der Waals surface area contributed by atoms with Crippen molar-refractivity contribution in [3.63, 3.8) is 0 Å². The van der Waals surface area contributed by atoms with Crippen LogP contribution in [0, 0.1) is 11.8 Å². The Morgan fingerprint density at radius 3 is 2.95 bits per heavy atom. The highest BCUT2D eigenvalue weighted by atomic mass is 16.5. The fourth-order valence-electron chi connectivity index (χ4n) is 3.18. The summed E-state index contributed by atoms with van der Waals surface area (Å²) in [6.45, 7) is 4.09. The van der Waals surface area contributed by atoms with Crippen LogP contribution in [0.4, 0.5) is 0 Å². The molecule has 1 aliphatic rings. The molecule has 1 aliphatic carbocycles. The van der Waals surface area contributed by atoms with Gasteiger partial charge in [0, 0.05) is 12.1 Å². The Balaban J connectivity index is 1.73. The molecular weight excluding hydrogens is 250 g/mol. The van der Waals surface area contributed by atoms with Crippen molar-refractivity contribution in [3.8, 4) is 11.5 Å². The molecule has 0 amide bonds. The minimum Gasteiger partial charge on any atom is -0.508 e. The van der Waals surface area contributed by atoms with Gasteiger partial charge < -0.3 is 15.2 Å². The van der Waals surface area contributed by atoms with Gasteiger partial charge >= 0.3 is 0 Å². The molecule has 1 aromatic rings. The van der Waals surface area contributed by atoms with Gasteiger partial charge in [-0.1, -0.05) is 26.2 Å². The van der Waals surface area contributed by atoms with E-state index in [1.54, 1.807) is 19.2 Å². The fraction of sp³-hybridized carbons (Fsp3) is 0.647. The number of phenols is 1. The van der Waals surface area contributed by atoms with Crippen molar-refractivity contribution in [1.82, 2.24) is 5.32 Å². The van der Waals surface area contributed by atoms with Crippen LogP contribution < -0.4 is 10.1 Å². The lowest BCUT2D eigenvalue weighted by molar-refractivity contribution is 0.267.